The average Bonchev–Trinajstić information content (AvgIpc) is 2.62. The Morgan fingerprint density at radius 2 is 2.12 bits per heavy atom. The number of hydrogen-bond acceptors (Lipinski definition) is 3. The molecule has 17 heavy (non-hydrogen) atoms. The van der Waals surface area contributed by atoms with Crippen LogP contribution >= 0.6 is 0 Å². The molecule has 1 rings (SSSR count). The number of aromatic nitrogens is 2. The lowest BCUT2D eigenvalue weighted by Gasteiger charge is -2.26. The number of likely N-dealkylation sites (N-methyl/N-ethyl adjacent to an activating group) is 1. The number of aromatic amines is 1. The van der Waals surface area contributed by atoms with Gasteiger partial charge in [-0.15, -0.1) is 0 Å². The highest BCUT2D eigenvalue weighted by Gasteiger charge is 2.12. The topological polar surface area (TPSA) is 44.0 Å². The third-order valence-corrected chi connectivity index (χ3v) is 3.10. The van der Waals surface area contributed by atoms with E-state index in [9.17, 15) is 0 Å². The van der Waals surface area contributed by atoms with Crippen LogP contribution in [0.25, 0.3) is 0 Å². The first-order chi connectivity index (χ1) is 8.00. The largest absolute Gasteiger partial charge is 0.311 e. The van der Waals surface area contributed by atoms with Crippen molar-refractivity contribution in [3.05, 3.63) is 17.5 Å². The van der Waals surface area contributed by atoms with Crippen molar-refractivity contribution in [3.8, 4) is 0 Å². The summed E-state index contributed by atoms with van der Waals surface area (Å²) in [5.74, 6) is 0.736. The molecule has 4 heteroatoms. The molecule has 0 amide bonds. The van der Waals surface area contributed by atoms with Crippen molar-refractivity contribution in [1.82, 2.24) is 20.4 Å². The van der Waals surface area contributed by atoms with Crippen molar-refractivity contribution < 1.29 is 0 Å². The summed E-state index contributed by atoms with van der Waals surface area (Å²) in [4.78, 5) is 2.30. The van der Waals surface area contributed by atoms with Gasteiger partial charge in [0.25, 0.3) is 0 Å². The van der Waals surface area contributed by atoms with Crippen LogP contribution in [0.2, 0.25) is 0 Å². The van der Waals surface area contributed by atoms with Crippen molar-refractivity contribution in [3.63, 3.8) is 0 Å². The van der Waals surface area contributed by atoms with E-state index in [1.54, 1.807) is 0 Å². The highest BCUT2D eigenvalue weighted by Crippen LogP contribution is 2.08. The first-order valence-corrected chi connectivity index (χ1v) is 6.36. The van der Waals surface area contributed by atoms with Gasteiger partial charge in [0.2, 0.25) is 0 Å². The summed E-state index contributed by atoms with van der Waals surface area (Å²) in [7, 11) is 4.30. The molecule has 0 spiro atoms. The van der Waals surface area contributed by atoms with Crippen LogP contribution in [0, 0.1) is 12.8 Å². The van der Waals surface area contributed by atoms with Gasteiger partial charge in [-0.25, -0.2) is 0 Å². The van der Waals surface area contributed by atoms with Gasteiger partial charge < -0.3 is 10.2 Å². The standard InChI is InChI=1S/C13H26N4/c1-10(2)6-13(17(4)5)9-14-7-12-8-15-16-11(12)3/h8,10,13-14H,6-7,9H2,1-5H3,(H,15,16)/t13-/m0/s1. The fourth-order valence-electron chi connectivity index (χ4n) is 1.95. The minimum atomic E-state index is 0.599. The second-order valence-corrected chi connectivity index (χ2v) is 5.40. The van der Waals surface area contributed by atoms with Gasteiger partial charge in [-0.05, 0) is 33.4 Å². The monoisotopic (exact) mass is 238 g/mol. The molecule has 0 saturated heterocycles. The Bertz CT molecular complexity index is 317. The van der Waals surface area contributed by atoms with Crippen LogP contribution in [0.4, 0.5) is 0 Å². The Balaban J connectivity index is 2.34. The van der Waals surface area contributed by atoms with Gasteiger partial charge in [0.15, 0.2) is 0 Å². The molecule has 1 aromatic heterocycles. The van der Waals surface area contributed by atoms with Gasteiger partial charge >= 0.3 is 0 Å². The maximum atomic E-state index is 4.03. The fraction of sp³-hybridized carbons (Fsp3) is 0.769. The third kappa shape index (κ3) is 4.88. The summed E-state index contributed by atoms with van der Waals surface area (Å²) in [6.45, 7) is 8.52. The molecule has 0 aliphatic rings. The van der Waals surface area contributed by atoms with E-state index in [4.69, 9.17) is 0 Å². The maximum absolute atomic E-state index is 4.03. The highest BCUT2D eigenvalue weighted by atomic mass is 15.1. The first-order valence-electron chi connectivity index (χ1n) is 6.36. The Kier molecular flexibility index (Phi) is 5.65. The maximum Gasteiger partial charge on any atom is 0.0535 e. The Labute approximate surface area is 105 Å². The lowest BCUT2D eigenvalue weighted by Crippen LogP contribution is -2.38. The molecule has 1 aromatic rings. The fourth-order valence-corrected chi connectivity index (χ4v) is 1.95. The molecule has 0 aliphatic carbocycles. The summed E-state index contributed by atoms with van der Waals surface area (Å²) in [6, 6.07) is 0.599. The summed E-state index contributed by atoms with van der Waals surface area (Å²) in [6.07, 6.45) is 3.12. The lowest BCUT2D eigenvalue weighted by atomic mass is 10.0. The van der Waals surface area contributed by atoms with Gasteiger partial charge in [0.1, 0.15) is 0 Å². The van der Waals surface area contributed by atoms with Crippen LogP contribution in [-0.4, -0.2) is 41.8 Å². The van der Waals surface area contributed by atoms with E-state index >= 15 is 0 Å². The summed E-state index contributed by atoms with van der Waals surface area (Å²) < 4.78 is 0. The van der Waals surface area contributed by atoms with Gasteiger partial charge in [0, 0.05) is 30.4 Å². The quantitative estimate of drug-likeness (QED) is 0.761. The van der Waals surface area contributed by atoms with Crippen LogP contribution in [0.1, 0.15) is 31.5 Å². The molecule has 0 aromatic carbocycles. The number of rotatable bonds is 7. The molecule has 1 atom stereocenters. The molecule has 98 valence electrons. The van der Waals surface area contributed by atoms with Crippen LogP contribution in [0.15, 0.2) is 6.20 Å². The molecule has 1 heterocycles. The zero-order valence-electron chi connectivity index (χ0n) is 11.7. The second-order valence-electron chi connectivity index (χ2n) is 5.40. The summed E-state index contributed by atoms with van der Waals surface area (Å²) in [5, 5.41) is 10.5. The normalized spacial score (nSPS) is 13.6. The van der Waals surface area contributed by atoms with Crippen molar-refractivity contribution in [2.24, 2.45) is 5.92 Å². The van der Waals surface area contributed by atoms with E-state index in [1.807, 2.05) is 6.20 Å². The number of nitrogens with one attached hydrogen (secondary N) is 2. The molecular formula is C13H26N4. The van der Waals surface area contributed by atoms with Crippen molar-refractivity contribution in [1.29, 1.82) is 0 Å². The van der Waals surface area contributed by atoms with E-state index in [2.05, 4.69) is 55.3 Å². The minimum absolute atomic E-state index is 0.599. The van der Waals surface area contributed by atoms with Crippen LogP contribution in [-0.2, 0) is 6.54 Å². The highest BCUT2D eigenvalue weighted by molar-refractivity contribution is 5.13. The SMILES string of the molecule is Cc1[nH]ncc1CNC[C@H](CC(C)C)N(C)C. The van der Waals surface area contributed by atoms with Crippen molar-refractivity contribution >= 4 is 0 Å². The van der Waals surface area contributed by atoms with Gasteiger partial charge in [0.05, 0.1) is 6.20 Å². The van der Waals surface area contributed by atoms with Gasteiger partial charge in [-0.1, -0.05) is 13.8 Å². The predicted molar refractivity (Wildman–Crippen MR) is 72.0 cm³/mol. The Morgan fingerprint density at radius 1 is 1.41 bits per heavy atom. The zero-order chi connectivity index (χ0) is 12.8. The lowest BCUT2D eigenvalue weighted by molar-refractivity contribution is 0.246. The molecule has 0 saturated carbocycles. The molecule has 0 unspecified atom stereocenters. The summed E-state index contributed by atoms with van der Waals surface area (Å²) >= 11 is 0. The third-order valence-electron chi connectivity index (χ3n) is 3.10. The molecule has 0 aliphatic heterocycles. The van der Waals surface area contributed by atoms with E-state index in [0.29, 0.717) is 6.04 Å². The average molecular weight is 238 g/mol. The second kappa shape index (κ2) is 6.77. The molecule has 4 nitrogen and oxygen atoms in total. The van der Waals surface area contributed by atoms with Crippen LogP contribution < -0.4 is 5.32 Å². The minimum Gasteiger partial charge on any atom is -0.311 e. The van der Waals surface area contributed by atoms with Gasteiger partial charge in [-0.3, -0.25) is 5.10 Å². The van der Waals surface area contributed by atoms with Crippen molar-refractivity contribution in [2.75, 3.05) is 20.6 Å². The smallest absolute Gasteiger partial charge is 0.0535 e. The molecular weight excluding hydrogens is 212 g/mol. The number of hydrogen-bond donors (Lipinski definition) is 2. The van der Waals surface area contributed by atoms with Crippen LogP contribution in [0.5, 0.6) is 0 Å². The zero-order valence-corrected chi connectivity index (χ0v) is 11.7. The summed E-state index contributed by atoms with van der Waals surface area (Å²) in [5.41, 5.74) is 2.41. The Hall–Kier alpha value is -0.870. The van der Waals surface area contributed by atoms with Crippen LogP contribution in [0.3, 0.4) is 0 Å². The molecule has 0 fully saturated rings. The first kappa shape index (κ1) is 14.2. The van der Waals surface area contributed by atoms with E-state index in [1.165, 1.54) is 12.0 Å². The van der Waals surface area contributed by atoms with Crippen molar-refractivity contribution in [2.45, 2.75) is 39.8 Å². The number of aryl methyl sites for hydroxylation is 1. The number of nitrogens with zero attached hydrogens (tertiary/aromatic N) is 2. The Morgan fingerprint density at radius 3 is 2.59 bits per heavy atom. The number of H-pyrrole nitrogens is 1. The van der Waals surface area contributed by atoms with E-state index in [0.717, 1.165) is 24.7 Å². The molecule has 2 N–H and O–H groups in total. The molecule has 0 radical (unpaired) electrons. The predicted octanol–water partition coefficient (Wildman–Crippen LogP) is 1.78. The van der Waals surface area contributed by atoms with E-state index < -0.39 is 0 Å². The van der Waals surface area contributed by atoms with E-state index in [-0.39, 0.29) is 0 Å². The van der Waals surface area contributed by atoms with Gasteiger partial charge in [-0.2, -0.15) is 5.10 Å². The molecule has 0 bridgehead atoms.